The van der Waals surface area contributed by atoms with Crippen LogP contribution in [0.4, 0.5) is 4.39 Å². The molecule has 1 aliphatic carbocycles. The Bertz CT molecular complexity index is 587. The van der Waals surface area contributed by atoms with Crippen LogP contribution >= 0.6 is 23.2 Å². The van der Waals surface area contributed by atoms with Crippen molar-refractivity contribution in [3.63, 3.8) is 0 Å². The molecule has 0 saturated heterocycles. The predicted molar refractivity (Wildman–Crippen MR) is 71.2 cm³/mol. The second kappa shape index (κ2) is 5.07. The molecular weight excluding hydrogens is 290 g/mol. The van der Waals surface area contributed by atoms with E-state index in [1.54, 1.807) is 6.20 Å². The molecule has 1 N–H and O–H groups in total. The van der Waals surface area contributed by atoms with Gasteiger partial charge in [0.2, 0.25) is 0 Å². The first kappa shape index (κ1) is 12.8. The quantitative estimate of drug-likeness (QED) is 0.883. The first-order valence-corrected chi connectivity index (χ1v) is 6.68. The second-order valence-corrected chi connectivity index (χ2v) is 5.35. The lowest BCUT2D eigenvalue weighted by molar-refractivity contribution is 0.627. The van der Waals surface area contributed by atoms with E-state index in [9.17, 15) is 4.39 Å². The highest BCUT2D eigenvalue weighted by atomic mass is 35.5. The van der Waals surface area contributed by atoms with Crippen LogP contribution in [-0.4, -0.2) is 21.0 Å². The van der Waals surface area contributed by atoms with Gasteiger partial charge in [0.15, 0.2) is 5.82 Å². The maximum Gasteiger partial charge on any atom is 0.160 e. The van der Waals surface area contributed by atoms with Gasteiger partial charge >= 0.3 is 0 Å². The molecule has 0 radical (unpaired) electrons. The van der Waals surface area contributed by atoms with Gasteiger partial charge in [-0.05, 0) is 25.0 Å². The van der Waals surface area contributed by atoms with E-state index < -0.39 is 5.82 Å². The van der Waals surface area contributed by atoms with Crippen molar-refractivity contribution >= 4 is 23.2 Å². The van der Waals surface area contributed by atoms with Gasteiger partial charge in [0.1, 0.15) is 0 Å². The monoisotopic (exact) mass is 300 g/mol. The summed E-state index contributed by atoms with van der Waals surface area (Å²) in [6.45, 7) is 0.674. The smallest absolute Gasteiger partial charge is 0.160 e. The number of benzene rings is 1. The molecule has 1 aromatic carbocycles. The average molecular weight is 301 g/mol. The summed E-state index contributed by atoms with van der Waals surface area (Å²) in [6, 6.07) is 3.55. The Hall–Kier alpha value is -1.17. The molecule has 0 aliphatic heterocycles. The molecule has 1 heterocycles. The zero-order chi connectivity index (χ0) is 13.4. The number of hydrogen-bond donors (Lipinski definition) is 1. The van der Waals surface area contributed by atoms with E-state index in [-0.39, 0.29) is 10.0 Å². The fourth-order valence-corrected chi connectivity index (χ4v) is 2.19. The van der Waals surface area contributed by atoms with Crippen molar-refractivity contribution in [1.82, 2.24) is 20.3 Å². The zero-order valence-corrected chi connectivity index (χ0v) is 11.4. The van der Waals surface area contributed by atoms with Crippen LogP contribution in [0.2, 0.25) is 10.0 Å². The van der Waals surface area contributed by atoms with Gasteiger partial charge in [-0.2, -0.15) is 0 Å². The van der Waals surface area contributed by atoms with Gasteiger partial charge in [-0.1, -0.05) is 28.4 Å². The molecule has 19 heavy (non-hydrogen) atoms. The highest BCUT2D eigenvalue weighted by molar-refractivity contribution is 6.35. The third kappa shape index (κ3) is 2.88. The minimum atomic E-state index is -0.622. The topological polar surface area (TPSA) is 42.7 Å². The molecule has 3 rings (SSSR count). The highest BCUT2D eigenvalue weighted by Crippen LogP contribution is 2.26. The SMILES string of the molecule is Fc1c(Cl)cc(-n2cc(CNC3CC3)nn2)cc1Cl. The molecule has 1 aliphatic rings. The van der Waals surface area contributed by atoms with Crippen molar-refractivity contribution < 1.29 is 4.39 Å². The molecular formula is C12H11Cl2FN4. The summed E-state index contributed by atoms with van der Waals surface area (Å²) in [6.07, 6.45) is 4.21. The maximum atomic E-state index is 13.3. The Labute approximate surface area is 119 Å². The zero-order valence-electron chi connectivity index (χ0n) is 9.91. The molecule has 2 aromatic rings. The lowest BCUT2D eigenvalue weighted by Gasteiger charge is -2.03. The van der Waals surface area contributed by atoms with E-state index in [2.05, 4.69) is 15.6 Å². The second-order valence-electron chi connectivity index (χ2n) is 4.53. The first-order chi connectivity index (χ1) is 9.13. The van der Waals surface area contributed by atoms with E-state index in [1.165, 1.54) is 29.7 Å². The number of rotatable bonds is 4. The summed E-state index contributed by atoms with van der Waals surface area (Å²) in [5.41, 5.74) is 1.41. The molecule has 4 nitrogen and oxygen atoms in total. The van der Waals surface area contributed by atoms with Crippen LogP contribution in [0.3, 0.4) is 0 Å². The minimum absolute atomic E-state index is 0.0318. The van der Waals surface area contributed by atoms with E-state index in [0.717, 1.165) is 5.69 Å². The molecule has 1 saturated carbocycles. The summed E-state index contributed by atoms with van der Waals surface area (Å²) >= 11 is 11.5. The Kier molecular flexibility index (Phi) is 3.43. The van der Waals surface area contributed by atoms with Crippen molar-refractivity contribution in [2.75, 3.05) is 0 Å². The fourth-order valence-electron chi connectivity index (χ4n) is 1.72. The predicted octanol–water partition coefficient (Wildman–Crippen LogP) is 2.97. The van der Waals surface area contributed by atoms with Crippen molar-refractivity contribution in [2.45, 2.75) is 25.4 Å². The fraction of sp³-hybridized carbons (Fsp3) is 0.333. The standard InChI is InChI=1S/C12H11Cl2FN4/c13-10-3-9(4-11(14)12(10)15)19-6-8(17-18-19)5-16-7-1-2-7/h3-4,6-7,16H,1-2,5H2. The van der Waals surface area contributed by atoms with Crippen LogP contribution in [0.15, 0.2) is 18.3 Å². The number of halogens is 3. The third-order valence-corrected chi connectivity index (χ3v) is 3.47. The molecule has 0 unspecified atom stereocenters. The van der Waals surface area contributed by atoms with Gasteiger partial charge in [0, 0.05) is 12.6 Å². The van der Waals surface area contributed by atoms with E-state index in [4.69, 9.17) is 23.2 Å². The Morgan fingerprint density at radius 1 is 1.32 bits per heavy atom. The number of nitrogens with one attached hydrogen (secondary N) is 1. The molecule has 0 bridgehead atoms. The van der Waals surface area contributed by atoms with Gasteiger partial charge < -0.3 is 5.32 Å². The van der Waals surface area contributed by atoms with Gasteiger partial charge in [0.25, 0.3) is 0 Å². The van der Waals surface area contributed by atoms with Crippen molar-refractivity contribution in [2.24, 2.45) is 0 Å². The maximum absolute atomic E-state index is 13.3. The van der Waals surface area contributed by atoms with Gasteiger partial charge in [-0.25, -0.2) is 9.07 Å². The number of aromatic nitrogens is 3. The van der Waals surface area contributed by atoms with Crippen molar-refractivity contribution in [3.8, 4) is 5.69 Å². The summed E-state index contributed by atoms with van der Waals surface area (Å²) < 4.78 is 14.9. The van der Waals surface area contributed by atoms with Crippen LogP contribution < -0.4 is 5.32 Å². The lowest BCUT2D eigenvalue weighted by Crippen LogP contribution is -2.15. The summed E-state index contributed by atoms with van der Waals surface area (Å²) in [7, 11) is 0. The molecule has 0 atom stereocenters. The van der Waals surface area contributed by atoms with Crippen molar-refractivity contribution in [1.29, 1.82) is 0 Å². The summed E-state index contributed by atoms with van der Waals surface area (Å²) in [4.78, 5) is 0. The first-order valence-electron chi connectivity index (χ1n) is 5.93. The van der Waals surface area contributed by atoms with Gasteiger partial charge in [0.05, 0.1) is 27.6 Å². The number of hydrogen-bond acceptors (Lipinski definition) is 3. The third-order valence-electron chi connectivity index (χ3n) is 2.92. The van der Waals surface area contributed by atoms with E-state index in [0.29, 0.717) is 18.3 Å². The molecule has 7 heteroatoms. The molecule has 100 valence electrons. The molecule has 1 aromatic heterocycles. The molecule has 0 amide bonds. The number of nitrogens with zero attached hydrogens (tertiary/aromatic N) is 3. The molecule has 0 spiro atoms. The van der Waals surface area contributed by atoms with Gasteiger partial charge in [-0.3, -0.25) is 0 Å². The lowest BCUT2D eigenvalue weighted by atomic mass is 10.3. The molecule has 1 fully saturated rings. The highest BCUT2D eigenvalue weighted by Gasteiger charge is 2.20. The van der Waals surface area contributed by atoms with E-state index >= 15 is 0 Å². The van der Waals surface area contributed by atoms with Crippen molar-refractivity contribution in [3.05, 3.63) is 39.9 Å². The van der Waals surface area contributed by atoms with Crippen LogP contribution in [0.25, 0.3) is 5.69 Å². The Balaban J connectivity index is 1.81. The summed E-state index contributed by atoms with van der Waals surface area (Å²) in [5, 5.41) is 11.3. The van der Waals surface area contributed by atoms with Gasteiger partial charge in [-0.15, -0.1) is 5.10 Å². The van der Waals surface area contributed by atoms with Crippen LogP contribution in [0.5, 0.6) is 0 Å². The van der Waals surface area contributed by atoms with Crippen LogP contribution in [0, 0.1) is 5.82 Å². The van der Waals surface area contributed by atoms with Crippen LogP contribution in [0.1, 0.15) is 18.5 Å². The minimum Gasteiger partial charge on any atom is -0.308 e. The van der Waals surface area contributed by atoms with E-state index in [1.807, 2.05) is 0 Å². The average Bonchev–Trinajstić information content (AvgIpc) is 3.10. The van der Waals surface area contributed by atoms with Crippen LogP contribution in [-0.2, 0) is 6.54 Å². The normalized spacial score (nSPS) is 14.9. The Morgan fingerprint density at radius 3 is 2.63 bits per heavy atom. The largest absolute Gasteiger partial charge is 0.308 e. The summed E-state index contributed by atoms with van der Waals surface area (Å²) in [5.74, 6) is -0.622. The Morgan fingerprint density at radius 2 is 2.00 bits per heavy atom.